The zero-order chi connectivity index (χ0) is 13.1. The molecule has 17 heavy (non-hydrogen) atoms. The number of benzene rings is 1. The fourth-order valence-electron chi connectivity index (χ4n) is 1.25. The molecule has 0 spiro atoms. The van der Waals surface area contributed by atoms with Crippen molar-refractivity contribution in [2.45, 2.75) is 20.4 Å². The van der Waals surface area contributed by atoms with Crippen LogP contribution in [-0.2, 0) is 11.3 Å². The highest BCUT2D eigenvalue weighted by Gasteiger charge is 2.26. The van der Waals surface area contributed by atoms with Crippen LogP contribution in [0.25, 0.3) is 0 Å². The number of hydrogen-bond acceptors (Lipinski definition) is 2. The molecule has 0 aliphatic heterocycles. The van der Waals surface area contributed by atoms with Crippen molar-refractivity contribution in [2.75, 3.05) is 6.54 Å². The average Bonchev–Trinajstić information content (AvgIpc) is 2.21. The molecule has 0 saturated heterocycles. The molecule has 94 valence electrons. The first kappa shape index (κ1) is 13.6. The van der Waals surface area contributed by atoms with Crippen LogP contribution in [0.15, 0.2) is 18.2 Å². The summed E-state index contributed by atoms with van der Waals surface area (Å²) in [4.78, 5) is 10.8. The van der Waals surface area contributed by atoms with Crippen LogP contribution in [0.3, 0.4) is 0 Å². The number of rotatable bonds is 5. The monoisotopic (exact) mass is 243 g/mol. The van der Waals surface area contributed by atoms with Crippen LogP contribution in [0.5, 0.6) is 0 Å². The quantitative estimate of drug-likeness (QED) is 0.833. The molecule has 0 heterocycles. The van der Waals surface area contributed by atoms with Crippen molar-refractivity contribution in [1.82, 2.24) is 5.32 Å². The van der Waals surface area contributed by atoms with Gasteiger partial charge in [0, 0.05) is 24.7 Å². The van der Waals surface area contributed by atoms with Crippen LogP contribution < -0.4 is 5.32 Å². The SMILES string of the molecule is CC(C)(CNCc1ccc(F)cc1F)C(=O)O. The molecule has 0 amide bonds. The third-order valence-electron chi connectivity index (χ3n) is 2.48. The Bertz CT molecular complexity index is 419. The molecule has 0 saturated carbocycles. The molecule has 3 nitrogen and oxygen atoms in total. The number of nitrogens with one attached hydrogen (secondary N) is 1. The van der Waals surface area contributed by atoms with Gasteiger partial charge in [-0.05, 0) is 19.9 Å². The van der Waals surface area contributed by atoms with Crippen molar-refractivity contribution in [3.05, 3.63) is 35.4 Å². The van der Waals surface area contributed by atoms with E-state index >= 15 is 0 Å². The lowest BCUT2D eigenvalue weighted by Crippen LogP contribution is -2.35. The van der Waals surface area contributed by atoms with E-state index in [-0.39, 0.29) is 13.1 Å². The van der Waals surface area contributed by atoms with Gasteiger partial charge in [-0.1, -0.05) is 6.07 Å². The normalized spacial score (nSPS) is 11.5. The van der Waals surface area contributed by atoms with E-state index in [2.05, 4.69) is 5.32 Å². The zero-order valence-corrected chi connectivity index (χ0v) is 9.76. The van der Waals surface area contributed by atoms with Crippen molar-refractivity contribution in [3.63, 3.8) is 0 Å². The summed E-state index contributed by atoms with van der Waals surface area (Å²) in [5, 5.41) is 11.7. The number of hydrogen-bond donors (Lipinski definition) is 2. The summed E-state index contributed by atoms with van der Waals surface area (Å²) in [6, 6.07) is 3.31. The van der Waals surface area contributed by atoms with Gasteiger partial charge in [-0.25, -0.2) is 8.78 Å². The number of halogens is 2. The summed E-state index contributed by atoms with van der Waals surface area (Å²) >= 11 is 0. The maximum absolute atomic E-state index is 13.2. The molecular formula is C12H15F2NO2. The van der Waals surface area contributed by atoms with E-state index in [0.29, 0.717) is 5.56 Å². The van der Waals surface area contributed by atoms with E-state index < -0.39 is 23.0 Å². The second-order valence-electron chi connectivity index (χ2n) is 4.53. The highest BCUT2D eigenvalue weighted by atomic mass is 19.1. The van der Waals surface area contributed by atoms with E-state index in [1.54, 1.807) is 13.8 Å². The van der Waals surface area contributed by atoms with Crippen LogP contribution >= 0.6 is 0 Å². The number of carbonyl (C=O) groups is 1. The minimum Gasteiger partial charge on any atom is -0.481 e. The first-order valence-corrected chi connectivity index (χ1v) is 5.21. The van der Waals surface area contributed by atoms with Gasteiger partial charge < -0.3 is 10.4 Å². The fraction of sp³-hybridized carbons (Fsp3) is 0.417. The molecule has 0 aliphatic rings. The number of carboxylic acids is 1. The highest BCUT2D eigenvalue weighted by Crippen LogP contribution is 2.14. The Hall–Kier alpha value is -1.49. The fourth-order valence-corrected chi connectivity index (χ4v) is 1.25. The lowest BCUT2D eigenvalue weighted by atomic mass is 9.94. The van der Waals surface area contributed by atoms with Gasteiger partial charge in [0.25, 0.3) is 0 Å². The van der Waals surface area contributed by atoms with Crippen molar-refractivity contribution in [2.24, 2.45) is 5.41 Å². The van der Waals surface area contributed by atoms with Crippen LogP contribution in [-0.4, -0.2) is 17.6 Å². The van der Waals surface area contributed by atoms with Gasteiger partial charge in [-0.15, -0.1) is 0 Å². The van der Waals surface area contributed by atoms with Gasteiger partial charge >= 0.3 is 5.97 Å². The Labute approximate surface area is 98.5 Å². The van der Waals surface area contributed by atoms with Gasteiger partial charge in [-0.3, -0.25) is 4.79 Å². The Balaban J connectivity index is 2.54. The van der Waals surface area contributed by atoms with Gasteiger partial charge in [0.2, 0.25) is 0 Å². The molecule has 0 radical (unpaired) electrons. The molecule has 0 atom stereocenters. The lowest BCUT2D eigenvalue weighted by Gasteiger charge is -2.19. The van der Waals surface area contributed by atoms with E-state index in [0.717, 1.165) is 6.07 Å². The van der Waals surface area contributed by atoms with E-state index in [9.17, 15) is 13.6 Å². The minimum absolute atomic E-state index is 0.169. The maximum atomic E-state index is 13.2. The first-order chi connectivity index (χ1) is 7.83. The predicted molar refractivity (Wildman–Crippen MR) is 59.5 cm³/mol. The smallest absolute Gasteiger partial charge is 0.310 e. The summed E-state index contributed by atoms with van der Waals surface area (Å²) in [7, 11) is 0. The zero-order valence-electron chi connectivity index (χ0n) is 9.76. The minimum atomic E-state index is -0.926. The largest absolute Gasteiger partial charge is 0.481 e. The van der Waals surface area contributed by atoms with Gasteiger partial charge in [0.1, 0.15) is 11.6 Å². The van der Waals surface area contributed by atoms with Gasteiger partial charge in [0.15, 0.2) is 0 Å². The predicted octanol–water partition coefficient (Wildman–Crippen LogP) is 2.17. The molecule has 1 aromatic carbocycles. The lowest BCUT2D eigenvalue weighted by molar-refractivity contribution is -0.146. The highest BCUT2D eigenvalue weighted by molar-refractivity contribution is 5.73. The van der Waals surface area contributed by atoms with Gasteiger partial charge in [-0.2, -0.15) is 0 Å². The maximum Gasteiger partial charge on any atom is 0.310 e. The molecular weight excluding hydrogens is 228 g/mol. The third kappa shape index (κ3) is 3.78. The Kier molecular flexibility index (Phi) is 4.17. The van der Waals surface area contributed by atoms with E-state index in [4.69, 9.17) is 5.11 Å². The summed E-state index contributed by atoms with van der Waals surface area (Å²) in [6.07, 6.45) is 0. The topological polar surface area (TPSA) is 49.3 Å². The second kappa shape index (κ2) is 5.23. The van der Waals surface area contributed by atoms with Crippen molar-refractivity contribution < 1.29 is 18.7 Å². The summed E-state index contributed by atoms with van der Waals surface area (Å²) in [5.41, 5.74) is -0.608. The Morgan fingerprint density at radius 1 is 1.41 bits per heavy atom. The van der Waals surface area contributed by atoms with Crippen molar-refractivity contribution in [1.29, 1.82) is 0 Å². The van der Waals surface area contributed by atoms with Crippen LogP contribution in [0.1, 0.15) is 19.4 Å². The van der Waals surface area contributed by atoms with Gasteiger partial charge in [0.05, 0.1) is 5.41 Å². The standard InChI is InChI=1S/C12H15F2NO2/c1-12(2,11(16)17)7-15-6-8-3-4-9(13)5-10(8)14/h3-5,15H,6-7H2,1-2H3,(H,16,17). The molecule has 0 bridgehead atoms. The van der Waals surface area contributed by atoms with Crippen LogP contribution in [0, 0.1) is 17.0 Å². The second-order valence-corrected chi connectivity index (χ2v) is 4.53. The Morgan fingerprint density at radius 3 is 2.59 bits per heavy atom. The van der Waals surface area contributed by atoms with Crippen molar-refractivity contribution in [3.8, 4) is 0 Å². The number of aliphatic carboxylic acids is 1. The summed E-state index contributed by atoms with van der Waals surface area (Å²) in [6.45, 7) is 3.52. The summed E-state index contributed by atoms with van der Waals surface area (Å²) in [5.74, 6) is -2.19. The molecule has 0 aliphatic carbocycles. The van der Waals surface area contributed by atoms with E-state index in [1.165, 1.54) is 12.1 Å². The van der Waals surface area contributed by atoms with Crippen LogP contribution in [0.2, 0.25) is 0 Å². The van der Waals surface area contributed by atoms with Crippen molar-refractivity contribution >= 4 is 5.97 Å². The molecule has 1 rings (SSSR count). The van der Waals surface area contributed by atoms with E-state index in [1.807, 2.05) is 0 Å². The molecule has 0 fully saturated rings. The molecule has 0 aromatic heterocycles. The molecule has 1 aromatic rings. The van der Waals surface area contributed by atoms with Crippen LogP contribution in [0.4, 0.5) is 8.78 Å². The average molecular weight is 243 g/mol. The molecule has 2 N–H and O–H groups in total. The molecule has 0 unspecified atom stereocenters. The first-order valence-electron chi connectivity index (χ1n) is 5.21. The number of carboxylic acid groups (broad SMARTS) is 1. The Morgan fingerprint density at radius 2 is 2.06 bits per heavy atom. The molecule has 5 heteroatoms. The third-order valence-corrected chi connectivity index (χ3v) is 2.48. The summed E-state index contributed by atoms with van der Waals surface area (Å²) < 4.78 is 25.9.